The van der Waals surface area contributed by atoms with Crippen LogP contribution in [0.3, 0.4) is 0 Å². The molecule has 0 aromatic heterocycles. The fourth-order valence-electron chi connectivity index (χ4n) is 4.21. The molecule has 2 aliphatic heterocycles. The number of carbonyl (C=O) groups excluding carboxylic acids is 2. The van der Waals surface area contributed by atoms with Gasteiger partial charge in [0.15, 0.2) is 5.96 Å². The Morgan fingerprint density at radius 1 is 1.48 bits per heavy atom. The molecular formula is C23H31ClN6O3. The zero-order valence-corrected chi connectivity index (χ0v) is 19.9. The molecule has 33 heavy (non-hydrogen) atoms. The molecule has 9 nitrogen and oxygen atoms in total. The lowest BCUT2D eigenvalue weighted by Crippen LogP contribution is -2.56. The first-order chi connectivity index (χ1) is 15.7. The fourth-order valence-corrected chi connectivity index (χ4v) is 4.58. The van der Waals surface area contributed by atoms with Crippen LogP contribution in [0.5, 0.6) is 0 Å². The molecule has 0 radical (unpaired) electrons. The molecule has 1 aromatic rings. The van der Waals surface area contributed by atoms with E-state index in [9.17, 15) is 9.59 Å². The van der Waals surface area contributed by atoms with Gasteiger partial charge in [-0.3, -0.25) is 19.5 Å². The van der Waals surface area contributed by atoms with Gasteiger partial charge in [0.05, 0.1) is 28.8 Å². The summed E-state index contributed by atoms with van der Waals surface area (Å²) in [4.78, 5) is 36.1. The van der Waals surface area contributed by atoms with E-state index in [0.717, 1.165) is 6.20 Å². The van der Waals surface area contributed by atoms with E-state index in [1.165, 1.54) is 0 Å². The highest BCUT2D eigenvalue weighted by Gasteiger charge is 2.42. The predicted molar refractivity (Wildman–Crippen MR) is 130 cm³/mol. The summed E-state index contributed by atoms with van der Waals surface area (Å²) < 4.78 is 5.60. The SMILES string of the molecule is CCC=N/C(=C\N)C(=O)Nc1cccc([C@]2(C)CC(=O)N([C@@H]3CCO[C@H](C)C3)C(N)=N2)c1Cl. The fraction of sp³-hybridized carbons (Fsp3) is 0.478. The first-order valence-electron chi connectivity index (χ1n) is 11.0. The van der Waals surface area contributed by atoms with Crippen molar-refractivity contribution in [2.45, 2.75) is 64.1 Å². The van der Waals surface area contributed by atoms with Crippen molar-refractivity contribution in [3.8, 4) is 0 Å². The molecule has 3 rings (SSSR count). The molecule has 0 unspecified atom stereocenters. The van der Waals surface area contributed by atoms with Crippen molar-refractivity contribution in [1.82, 2.24) is 4.90 Å². The van der Waals surface area contributed by atoms with Gasteiger partial charge in [-0.15, -0.1) is 0 Å². The van der Waals surface area contributed by atoms with Crippen molar-refractivity contribution in [2.75, 3.05) is 11.9 Å². The van der Waals surface area contributed by atoms with Crippen LogP contribution in [-0.2, 0) is 19.9 Å². The van der Waals surface area contributed by atoms with Crippen LogP contribution < -0.4 is 16.8 Å². The zero-order chi connectivity index (χ0) is 24.2. The minimum atomic E-state index is -0.973. The van der Waals surface area contributed by atoms with Crippen LogP contribution in [0.4, 0.5) is 5.69 Å². The summed E-state index contributed by atoms with van der Waals surface area (Å²) in [5, 5.41) is 3.01. The van der Waals surface area contributed by atoms with Gasteiger partial charge in [0.1, 0.15) is 5.70 Å². The molecule has 10 heteroatoms. The maximum Gasteiger partial charge on any atom is 0.275 e. The van der Waals surface area contributed by atoms with Crippen molar-refractivity contribution in [3.63, 3.8) is 0 Å². The van der Waals surface area contributed by atoms with Gasteiger partial charge in [-0.2, -0.15) is 0 Å². The van der Waals surface area contributed by atoms with E-state index in [1.807, 2.05) is 20.8 Å². The number of amides is 2. The summed E-state index contributed by atoms with van der Waals surface area (Å²) in [6.45, 7) is 6.27. The lowest BCUT2D eigenvalue weighted by molar-refractivity contribution is -0.133. The Kier molecular flexibility index (Phi) is 7.76. The van der Waals surface area contributed by atoms with E-state index >= 15 is 0 Å². The molecule has 1 fully saturated rings. The first kappa shape index (κ1) is 24.7. The highest BCUT2D eigenvalue weighted by Crippen LogP contribution is 2.41. The highest BCUT2D eigenvalue weighted by atomic mass is 35.5. The molecule has 0 saturated carbocycles. The Labute approximate surface area is 198 Å². The second kappa shape index (κ2) is 10.4. The van der Waals surface area contributed by atoms with Crippen molar-refractivity contribution >= 4 is 41.3 Å². The summed E-state index contributed by atoms with van der Waals surface area (Å²) in [6, 6.07) is 5.15. The van der Waals surface area contributed by atoms with E-state index in [2.05, 4.69) is 10.3 Å². The molecule has 2 amide bonds. The molecule has 2 aliphatic rings. The van der Waals surface area contributed by atoms with Crippen molar-refractivity contribution in [1.29, 1.82) is 0 Å². The maximum atomic E-state index is 13.2. The monoisotopic (exact) mass is 474 g/mol. The standard InChI is InChI=1S/C23H31ClN6O3/c1-4-9-27-18(13-25)21(32)28-17-7-5-6-16(20(17)24)23(3)12-19(31)30(22(26)29-23)15-8-10-33-14(2)11-15/h5-7,9,13-15H,4,8,10-12,25H2,1-3H3,(H2,26,29)(H,28,32)/b18-13-,27-9?/t14-,15-,23+/m1/s1. The Balaban J connectivity index is 1.88. The average Bonchev–Trinajstić information content (AvgIpc) is 2.75. The predicted octanol–water partition coefficient (Wildman–Crippen LogP) is 2.89. The minimum absolute atomic E-state index is 0.0409. The van der Waals surface area contributed by atoms with Crippen molar-refractivity contribution < 1.29 is 14.3 Å². The number of anilines is 1. The summed E-state index contributed by atoms with van der Waals surface area (Å²) >= 11 is 6.67. The third-order valence-electron chi connectivity index (χ3n) is 5.83. The highest BCUT2D eigenvalue weighted by molar-refractivity contribution is 6.35. The second-order valence-electron chi connectivity index (χ2n) is 8.44. The molecule has 178 valence electrons. The normalized spacial score (nSPS) is 26.4. The van der Waals surface area contributed by atoms with Gasteiger partial charge in [0, 0.05) is 30.6 Å². The van der Waals surface area contributed by atoms with Gasteiger partial charge in [-0.05, 0) is 39.2 Å². The number of hydrogen-bond donors (Lipinski definition) is 3. The molecule has 3 atom stereocenters. The Morgan fingerprint density at radius 3 is 2.88 bits per heavy atom. The molecule has 0 spiro atoms. The quantitative estimate of drug-likeness (QED) is 0.430. The largest absolute Gasteiger partial charge is 0.403 e. The zero-order valence-electron chi connectivity index (χ0n) is 19.2. The molecule has 0 bridgehead atoms. The van der Waals surface area contributed by atoms with Crippen molar-refractivity contribution in [2.24, 2.45) is 21.5 Å². The van der Waals surface area contributed by atoms with Crippen LogP contribution in [0, 0.1) is 0 Å². The number of ether oxygens (including phenoxy) is 1. The number of hydrogen-bond acceptors (Lipinski definition) is 7. The minimum Gasteiger partial charge on any atom is -0.403 e. The van der Waals surface area contributed by atoms with E-state index < -0.39 is 11.4 Å². The Morgan fingerprint density at radius 2 is 2.24 bits per heavy atom. The lowest BCUT2D eigenvalue weighted by atomic mass is 9.86. The van der Waals surface area contributed by atoms with E-state index in [4.69, 9.17) is 32.8 Å². The Bertz CT molecular complexity index is 1010. The third-order valence-corrected chi connectivity index (χ3v) is 6.23. The molecule has 2 heterocycles. The van der Waals surface area contributed by atoms with Crippen LogP contribution in [-0.4, -0.2) is 47.6 Å². The van der Waals surface area contributed by atoms with Gasteiger partial charge in [0.2, 0.25) is 5.91 Å². The number of nitrogens with one attached hydrogen (secondary N) is 1. The van der Waals surface area contributed by atoms with Crippen molar-refractivity contribution in [3.05, 3.63) is 40.7 Å². The number of halogens is 1. The number of benzene rings is 1. The number of nitrogens with zero attached hydrogens (tertiary/aromatic N) is 3. The number of nitrogens with two attached hydrogens (primary N) is 2. The average molecular weight is 475 g/mol. The van der Waals surface area contributed by atoms with E-state index in [-0.39, 0.29) is 41.2 Å². The van der Waals surface area contributed by atoms with Crippen LogP contribution >= 0.6 is 11.6 Å². The topological polar surface area (TPSA) is 135 Å². The summed E-state index contributed by atoms with van der Waals surface area (Å²) in [5.41, 5.74) is 11.9. The van der Waals surface area contributed by atoms with Gasteiger partial charge in [-0.25, -0.2) is 4.99 Å². The molecule has 5 N–H and O–H groups in total. The molecule has 1 aromatic carbocycles. The van der Waals surface area contributed by atoms with Gasteiger partial charge in [-0.1, -0.05) is 30.7 Å². The van der Waals surface area contributed by atoms with E-state index in [0.29, 0.717) is 37.1 Å². The lowest BCUT2D eigenvalue weighted by Gasteiger charge is -2.41. The first-order valence-corrected chi connectivity index (χ1v) is 11.4. The number of rotatable bonds is 6. The number of carbonyl (C=O) groups is 2. The number of guanidine groups is 1. The van der Waals surface area contributed by atoms with Gasteiger partial charge >= 0.3 is 0 Å². The summed E-state index contributed by atoms with van der Waals surface area (Å²) in [7, 11) is 0. The third kappa shape index (κ3) is 5.36. The summed E-state index contributed by atoms with van der Waals surface area (Å²) in [5.74, 6) is -0.438. The molecular weight excluding hydrogens is 444 g/mol. The van der Waals surface area contributed by atoms with Gasteiger partial charge in [0.25, 0.3) is 5.91 Å². The van der Waals surface area contributed by atoms with Crippen LogP contribution in [0.15, 0.2) is 40.1 Å². The van der Waals surface area contributed by atoms with Crippen LogP contribution in [0.25, 0.3) is 0 Å². The smallest absolute Gasteiger partial charge is 0.275 e. The maximum absolute atomic E-state index is 13.2. The molecule has 0 aliphatic carbocycles. The van der Waals surface area contributed by atoms with Crippen LogP contribution in [0.1, 0.15) is 52.0 Å². The number of aliphatic imine (C=N–C) groups is 2. The second-order valence-corrected chi connectivity index (χ2v) is 8.82. The summed E-state index contributed by atoms with van der Waals surface area (Å²) in [6.07, 6.45) is 4.97. The molecule has 1 saturated heterocycles. The van der Waals surface area contributed by atoms with Crippen LogP contribution in [0.2, 0.25) is 5.02 Å². The van der Waals surface area contributed by atoms with E-state index in [1.54, 1.807) is 29.3 Å². The Hall–Kier alpha value is -2.91. The van der Waals surface area contributed by atoms with Gasteiger partial charge < -0.3 is 21.5 Å².